The molecule has 0 aliphatic heterocycles. The normalized spacial score (nSPS) is 9.62. The van der Waals surface area contributed by atoms with Gasteiger partial charge in [-0.05, 0) is 17.7 Å². The molecule has 0 radical (unpaired) electrons. The summed E-state index contributed by atoms with van der Waals surface area (Å²) in [4.78, 5) is 1.19. The van der Waals surface area contributed by atoms with Gasteiger partial charge in [0.1, 0.15) is 0 Å². The Balaban J connectivity index is 2.92. The van der Waals surface area contributed by atoms with Crippen molar-refractivity contribution in [3.05, 3.63) is 11.4 Å². The van der Waals surface area contributed by atoms with Gasteiger partial charge in [-0.1, -0.05) is 0 Å². The second kappa shape index (κ2) is 2.42. The van der Waals surface area contributed by atoms with Crippen molar-refractivity contribution in [1.29, 1.82) is 0 Å². The molecule has 0 saturated heterocycles. The highest BCUT2D eigenvalue weighted by Crippen LogP contribution is 2.27. The Bertz CT molecular complexity index is 171. The van der Waals surface area contributed by atoms with Crippen LogP contribution >= 0.6 is 23.1 Å². The van der Waals surface area contributed by atoms with E-state index in [0.717, 1.165) is 5.00 Å². The molecule has 1 nitrogen and oxygen atoms in total. The van der Waals surface area contributed by atoms with E-state index in [0.29, 0.717) is 0 Å². The number of thioether (sulfide) groups is 1. The number of rotatable bonds is 1. The summed E-state index contributed by atoms with van der Waals surface area (Å²) >= 11 is 3.27. The highest BCUT2D eigenvalue weighted by Gasteiger charge is 1.94. The second-order valence-corrected chi connectivity index (χ2v) is 3.15. The Morgan fingerprint density at radius 3 is 2.75 bits per heavy atom. The third kappa shape index (κ3) is 0.980. The molecule has 0 aliphatic rings. The van der Waals surface area contributed by atoms with E-state index in [4.69, 9.17) is 5.73 Å². The van der Waals surface area contributed by atoms with Crippen LogP contribution in [0.4, 0.5) is 5.00 Å². The average Bonchev–Trinajstić information content (AvgIpc) is 2.14. The SMILES string of the molecule is CSc1ccsc1N. The summed E-state index contributed by atoms with van der Waals surface area (Å²) in [5.41, 5.74) is 5.55. The van der Waals surface area contributed by atoms with E-state index in [9.17, 15) is 0 Å². The molecule has 0 aromatic carbocycles. The van der Waals surface area contributed by atoms with E-state index in [1.54, 1.807) is 23.1 Å². The topological polar surface area (TPSA) is 26.0 Å². The third-order valence-corrected chi connectivity index (χ3v) is 2.55. The number of nitrogens with two attached hydrogens (primary N) is 1. The predicted molar refractivity (Wildman–Crippen MR) is 40.5 cm³/mol. The van der Waals surface area contributed by atoms with Gasteiger partial charge in [0.05, 0.1) is 5.00 Å². The molecule has 0 unspecified atom stereocenters. The van der Waals surface area contributed by atoms with Crippen LogP contribution in [0.5, 0.6) is 0 Å². The standard InChI is InChI=1S/C5H7NS2/c1-7-4-2-3-8-5(4)6/h2-3H,6H2,1H3. The molecule has 1 rings (SSSR count). The van der Waals surface area contributed by atoms with Gasteiger partial charge in [-0.15, -0.1) is 23.1 Å². The van der Waals surface area contributed by atoms with Crippen LogP contribution in [-0.4, -0.2) is 6.26 Å². The van der Waals surface area contributed by atoms with Crippen LogP contribution in [0.2, 0.25) is 0 Å². The number of anilines is 1. The predicted octanol–water partition coefficient (Wildman–Crippen LogP) is 2.05. The minimum Gasteiger partial charge on any atom is -0.390 e. The molecular formula is C5H7NS2. The summed E-state index contributed by atoms with van der Waals surface area (Å²) in [5, 5.41) is 2.93. The van der Waals surface area contributed by atoms with Gasteiger partial charge in [0.25, 0.3) is 0 Å². The molecule has 44 valence electrons. The summed E-state index contributed by atoms with van der Waals surface area (Å²) in [6, 6.07) is 2.03. The van der Waals surface area contributed by atoms with Crippen molar-refractivity contribution in [3.63, 3.8) is 0 Å². The maximum absolute atomic E-state index is 5.55. The van der Waals surface area contributed by atoms with E-state index in [1.165, 1.54) is 4.90 Å². The molecule has 1 aromatic rings. The fraction of sp³-hybridized carbons (Fsp3) is 0.200. The Hall–Kier alpha value is -0.150. The van der Waals surface area contributed by atoms with Gasteiger partial charge in [-0.3, -0.25) is 0 Å². The summed E-state index contributed by atoms with van der Waals surface area (Å²) in [5.74, 6) is 0. The molecule has 1 aromatic heterocycles. The van der Waals surface area contributed by atoms with E-state index < -0.39 is 0 Å². The first-order valence-electron chi connectivity index (χ1n) is 2.21. The molecule has 0 spiro atoms. The lowest BCUT2D eigenvalue weighted by molar-refractivity contribution is 1.59. The smallest absolute Gasteiger partial charge is 0.0994 e. The molecule has 0 fully saturated rings. The zero-order valence-electron chi connectivity index (χ0n) is 4.55. The van der Waals surface area contributed by atoms with Crippen molar-refractivity contribution in [2.75, 3.05) is 12.0 Å². The van der Waals surface area contributed by atoms with Gasteiger partial charge < -0.3 is 5.73 Å². The molecule has 3 heteroatoms. The van der Waals surface area contributed by atoms with Crippen LogP contribution in [0.1, 0.15) is 0 Å². The van der Waals surface area contributed by atoms with Crippen molar-refractivity contribution >= 4 is 28.1 Å². The lowest BCUT2D eigenvalue weighted by Gasteiger charge is -1.87. The number of hydrogen-bond acceptors (Lipinski definition) is 3. The number of thiophene rings is 1. The first-order chi connectivity index (χ1) is 3.84. The van der Waals surface area contributed by atoms with Crippen LogP contribution < -0.4 is 5.73 Å². The second-order valence-electron chi connectivity index (χ2n) is 1.35. The molecule has 0 amide bonds. The molecule has 8 heavy (non-hydrogen) atoms. The van der Waals surface area contributed by atoms with Gasteiger partial charge in [0.2, 0.25) is 0 Å². The lowest BCUT2D eigenvalue weighted by atomic mass is 10.6. The van der Waals surface area contributed by atoms with E-state index in [-0.39, 0.29) is 0 Å². The summed E-state index contributed by atoms with van der Waals surface area (Å²) < 4.78 is 0. The number of nitrogen functional groups attached to an aromatic ring is 1. The zero-order chi connectivity index (χ0) is 5.98. The summed E-state index contributed by atoms with van der Waals surface area (Å²) in [7, 11) is 0. The van der Waals surface area contributed by atoms with Gasteiger partial charge in [-0.2, -0.15) is 0 Å². The van der Waals surface area contributed by atoms with Crippen LogP contribution in [0.15, 0.2) is 16.3 Å². The minimum atomic E-state index is 0.928. The Kier molecular flexibility index (Phi) is 1.81. The summed E-state index contributed by atoms with van der Waals surface area (Å²) in [6.07, 6.45) is 2.03. The first-order valence-corrected chi connectivity index (χ1v) is 4.32. The largest absolute Gasteiger partial charge is 0.390 e. The lowest BCUT2D eigenvalue weighted by Crippen LogP contribution is -1.78. The quantitative estimate of drug-likeness (QED) is 0.612. The fourth-order valence-electron chi connectivity index (χ4n) is 0.478. The Labute approximate surface area is 56.9 Å². The van der Waals surface area contributed by atoms with E-state index >= 15 is 0 Å². The Morgan fingerprint density at radius 1 is 1.75 bits per heavy atom. The summed E-state index contributed by atoms with van der Waals surface area (Å²) in [6.45, 7) is 0. The van der Waals surface area contributed by atoms with Gasteiger partial charge in [0.15, 0.2) is 0 Å². The molecule has 0 bridgehead atoms. The fourth-order valence-corrected chi connectivity index (χ4v) is 1.90. The van der Waals surface area contributed by atoms with Crippen molar-refractivity contribution in [1.82, 2.24) is 0 Å². The van der Waals surface area contributed by atoms with Crippen molar-refractivity contribution in [2.24, 2.45) is 0 Å². The van der Waals surface area contributed by atoms with Gasteiger partial charge >= 0.3 is 0 Å². The third-order valence-electron chi connectivity index (χ3n) is 0.877. The van der Waals surface area contributed by atoms with Crippen LogP contribution in [-0.2, 0) is 0 Å². The molecule has 1 heterocycles. The molecule has 0 atom stereocenters. The molecule has 2 N–H and O–H groups in total. The van der Waals surface area contributed by atoms with Crippen molar-refractivity contribution < 1.29 is 0 Å². The molecule has 0 saturated carbocycles. The zero-order valence-corrected chi connectivity index (χ0v) is 6.18. The van der Waals surface area contributed by atoms with Crippen LogP contribution in [0.3, 0.4) is 0 Å². The highest BCUT2D eigenvalue weighted by molar-refractivity contribution is 7.99. The average molecular weight is 145 g/mol. The molecule has 0 aliphatic carbocycles. The Morgan fingerprint density at radius 2 is 2.50 bits per heavy atom. The van der Waals surface area contributed by atoms with Gasteiger partial charge in [-0.25, -0.2) is 0 Å². The minimum absolute atomic E-state index is 0.928. The monoisotopic (exact) mass is 145 g/mol. The number of hydrogen-bond donors (Lipinski definition) is 1. The molecular weight excluding hydrogens is 138 g/mol. The van der Waals surface area contributed by atoms with E-state index in [2.05, 4.69) is 0 Å². The van der Waals surface area contributed by atoms with Crippen molar-refractivity contribution in [3.8, 4) is 0 Å². The highest BCUT2D eigenvalue weighted by atomic mass is 32.2. The first kappa shape index (κ1) is 5.98. The van der Waals surface area contributed by atoms with Gasteiger partial charge in [0, 0.05) is 4.90 Å². The van der Waals surface area contributed by atoms with Crippen LogP contribution in [0, 0.1) is 0 Å². The van der Waals surface area contributed by atoms with E-state index in [1.807, 2.05) is 17.7 Å². The maximum atomic E-state index is 5.55. The van der Waals surface area contributed by atoms with Crippen LogP contribution in [0.25, 0.3) is 0 Å². The maximum Gasteiger partial charge on any atom is 0.0994 e. The van der Waals surface area contributed by atoms with Crippen molar-refractivity contribution in [2.45, 2.75) is 4.90 Å².